The number of hydrogen-bond acceptors (Lipinski definition) is 3. The van der Waals surface area contributed by atoms with Gasteiger partial charge < -0.3 is 15.4 Å². The van der Waals surface area contributed by atoms with E-state index in [1.807, 2.05) is 0 Å². The van der Waals surface area contributed by atoms with E-state index in [1.54, 1.807) is 36.4 Å². The predicted molar refractivity (Wildman–Crippen MR) is 45.0 cm³/mol. The molecular weight excluding hydrogens is 156 g/mol. The van der Waals surface area contributed by atoms with Crippen molar-refractivity contribution in [1.29, 1.82) is 0 Å². The van der Waals surface area contributed by atoms with Crippen LogP contribution < -0.4 is 5.73 Å². The second-order valence-corrected chi connectivity index (χ2v) is 2.58. The quantitative estimate of drug-likeness (QED) is 0.622. The Balaban J connectivity index is 3.00. The Morgan fingerprint density at radius 3 is 2.58 bits per heavy atom. The maximum Gasteiger partial charge on any atom is 0.275 e. The van der Waals surface area contributed by atoms with Gasteiger partial charge in [0.05, 0.1) is 0 Å². The summed E-state index contributed by atoms with van der Waals surface area (Å²) in [5, 5.41) is 0. The lowest BCUT2D eigenvalue weighted by atomic mass is 10.1. The smallest absolute Gasteiger partial charge is 0.275 e. The lowest BCUT2D eigenvalue weighted by Gasteiger charge is -2.35. The molecular formula is C8H12N2O2. The Bertz CT molecular complexity index is 247. The molecule has 4 nitrogen and oxygen atoms in total. The number of ether oxygens (including phenoxy) is 1. The summed E-state index contributed by atoms with van der Waals surface area (Å²) in [6, 6.07) is 0. The topological polar surface area (TPSA) is 55.6 Å². The second kappa shape index (κ2) is 2.98. The highest BCUT2D eigenvalue weighted by atomic mass is 16.5. The predicted octanol–water partition coefficient (Wildman–Crippen LogP) is -0.170. The highest BCUT2D eigenvalue weighted by molar-refractivity contribution is 5.85. The Morgan fingerprint density at radius 2 is 2.25 bits per heavy atom. The monoisotopic (exact) mass is 168 g/mol. The first-order valence-electron chi connectivity index (χ1n) is 3.57. The average Bonchev–Trinajstić information content (AvgIpc) is 2.05. The van der Waals surface area contributed by atoms with Crippen molar-refractivity contribution in [2.45, 2.75) is 5.72 Å². The molecule has 12 heavy (non-hydrogen) atoms. The maximum absolute atomic E-state index is 11.1. The van der Waals surface area contributed by atoms with Gasteiger partial charge in [0.25, 0.3) is 5.91 Å². The van der Waals surface area contributed by atoms with Gasteiger partial charge in [-0.15, -0.1) is 0 Å². The number of primary amides is 1. The Labute approximate surface area is 71.3 Å². The van der Waals surface area contributed by atoms with Crippen molar-refractivity contribution >= 4 is 5.91 Å². The van der Waals surface area contributed by atoms with Crippen LogP contribution in [-0.4, -0.2) is 30.7 Å². The molecule has 1 aliphatic rings. The molecule has 0 bridgehead atoms. The van der Waals surface area contributed by atoms with E-state index in [4.69, 9.17) is 10.5 Å². The molecule has 0 spiro atoms. The van der Waals surface area contributed by atoms with Crippen LogP contribution in [0, 0.1) is 0 Å². The highest BCUT2D eigenvalue weighted by Gasteiger charge is 2.38. The number of carbonyl (C=O) groups excluding carboxylic acids is 1. The number of carbonyl (C=O) groups is 1. The number of hydrogen-bond donors (Lipinski definition) is 1. The van der Waals surface area contributed by atoms with Crippen LogP contribution >= 0.6 is 0 Å². The van der Waals surface area contributed by atoms with Gasteiger partial charge in [-0.2, -0.15) is 0 Å². The van der Waals surface area contributed by atoms with Crippen LogP contribution in [-0.2, 0) is 9.53 Å². The summed E-state index contributed by atoms with van der Waals surface area (Å²) >= 11 is 0. The summed E-state index contributed by atoms with van der Waals surface area (Å²) in [6.45, 7) is 0. The summed E-state index contributed by atoms with van der Waals surface area (Å²) in [5.41, 5.74) is 4.10. The highest BCUT2D eigenvalue weighted by Crippen LogP contribution is 2.19. The standard InChI is InChI=1S/C8H12N2O2/c1-10-6-4-3-5-8(10,12-2)7(9)11/h3-6H,1-2H3,(H2,9,11). The molecule has 1 heterocycles. The van der Waals surface area contributed by atoms with E-state index in [1.165, 1.54) is 7.11 Å². The van der Waals surface area contributed by atoms with Gasteiger partial charge in [0.15, 0.2) is 0 Å². The van der Waals surface area contributed by atoms with Crippen LogP contribution in [0.15, 0.2) is 24.4 Å². The fourth-order valence-electron chi connectivity index (χ4n) is 1.16. The van der Waals surface area contributed by atoms with Crippen molar-refractivity contribution in [3.05, 3.63) is 24.4 Å². The lowest BCUT2D eigenvalue weighted by molar-refractivity contribution is -0.148. The fourth-order valence-corrected chi connectivity index (χ4v) is 1.16. The average molecular weight is 168 g/mol. The minimum absolute atomic E-state index is 0.520. The number of amides is 1. The molecule has 1 unspecified atom stereocenters. The molecule has 0 aromatic rings. The van der Waals surface area contributed by atoms with E-state index in [0.29, 0.717) is 0 Å². The van der Waals surface area contributed by atoms with E-state index in [-0.39, 0.29) is 0 Å². The lowest BCUT2D eigenvalue weighted by Crippen LogP contribution is -2.54. The molecule has 1 amide bonds. The molecule has 0 aromatic carbocycles. The van der Waals surface area contributed by atoms with E-state index in [0.717, 1.165) is 0 Å². The number of rotatable bonds is 2. The van der Waals surface area contributed by atoms with E-state index in [2.05, 4.69) is 0 Å². The molecule has 0 saturated carbocycles. The molecule has 0 saturated heterocycles. The Morgan fingerprint density at radius 1 is 1.58 bits per heavy atom. The minimum Gasteiger partial charge on any atom is -0.365 e. The fraction of sp³-hybridized carbons (Fsp3) is 0.375. The van der Waals surface area contributed by atoms with E-state index in [9.17, 15) is 4.79 Å². The number of methoxy groups -OCH3 is 1. The van der Waals surface area contributed by atoms with Crippen molar-refractivity contribution in [3.8, 4) is 0 Å². The third-order valence-electron chi connectivity index (χ3n) is 1.93. The largest absolute Gasteiger partial charge is 0.365 e. The second-order valence-electron chi connectivity index (χ2n) is 2.58. The summed E-state index contributed by atoms with van der Waals surface area (Å²) in [7, 11) is 3.18. The molecule has 0 radical (unpaired) electrons. The zero-order valence-corrected chi connectivity index (χ0v) is 7.15. The van der Waals surface area contributed by atoms with Crippen molar-refractivity contribution in [3.63, 3.8) is 0 Å². The van der Waals surface area contributed by atoms with Gasteiger partial charge in [-0.25, -0.2) is 0 Å². The van der Waals surface area contributed by atoms with Gasteiger partial charge in [-0.1, -0.05) is 6.08 Å². The van der Waals surface area contributed by atoms with Crippen molar-refractivity contribution in [1.82, 2.24) is 4.90 Å². The molecule has 2 N–H and O–H groups in total. The number of allylic oxidation sites excluding steroid dienone is 2. The molecule has 1 atom stereocenters. The van der Waals surface area contributed by atoms with Gasteiger partial charge in [-0.3, -0.25) is 4.79 Å². The first-order chi connectivity index (χ1) is 5.63. The van der Waals surface area contributed by atoms with Crippen LogP contribution in [0.25, 0.3) is 0 Å². The molecule has 1 aliphatic heterocycles. The molecule has 4 heteroatoms. The summed E-state index contributed by atoms with van der Waals surface area (Å²) < 4.78 is 5.07. The van der Waals surface area contributed by atoms with Gasteiger partial charge in [-0.05, 0) is 12.2 Å². The van der Waals surface area contributed by atoms with Crippen LogP contribution in [0.2, 0.25) is 0 Å². The van der Waals surface area contributed by atoms with Crippen molar-refractivity contribution in [2.24, 2.45) is 5.73 Å². The Hall–Kier alpha value is -1.29. The third-order valence-corrected chi connectivity index (χ3v) is 1.93. The van der Waals surface area contributed by atoms with E-state index >= 15 is 0 Å². The Kier molecular flexibility index (Phi) is 2.19. The molecule has 66 valence electrons. The normalized spacial score (nSPS) is 27.7. The third kappa shape index (κ3) is 1.10. The van der Waals surface area contributed by atoms with Gasteiger partial charge in [0.1, 0.15) is 0 Å². The first-order valence-corrected chi connectivity index (χ1v) is 3.57. The number of likely N-dealkylation sites (N-methyl/N-ethyl adjacent to an activating group) is 1. The number of nitrogens with two attached hydrogens (primary N) is 1. The molecule has 0 fully saturated rings. The van der Waals surface area contributed by atoms with Crippen LogP contribution in [0.1, 0.15) is 0 Å². The van der Waals surface area contributed by atoms with Gasteiger partial charge in [0, 0.05) is 20.4 Å². The van der Waals surface area contributed by atoms with Crippen LogP contribution in [0.5, 0.6) is 0 Å². The van der Waals surface area contributed by atoms with Crippen molar-refractivity contribution in [2.75, 3.05) is 14.2 Å². The summed E-state index contributed by atoms with van der Waals surface area (Å²) in [6.07, 6.45) is 6.89. The molecule has 1 rings (SSSR count). The van der Waals surface area contributed by atoms with Gasteiger partial charge >= 0.3 is 0 Å². The SMILES string of the molecule is COC1(C(N)=O)C=CC=CN1C. The van der Waals surface area contributed by atoms with Crippen molar-refractivity contribution < 1.29 is 9.53 Å². The minimum atomic E-state index is -1.12. The zero-order chi connectivity index (χ0) is 9.19. The van der Waals surface area contributed by atoms with Crippen LogP contribution in [0.4, 0.5) is 0 Å². The van der Waals surface area contributed by atoms with Gasteiger partial charge in [0.2, 0.25) is 5.72 Å². The zero-order valence-electron chi connectivity index (χ0n) is 7.15. The van der Waals surface area contributed by atoms with E-state index < -0.39 is 11.6 Å². The molecule has 0 aromatic heterocycles. The maximum atomic E-state index is 11.1. The molecule has 0 aliphatic carbocycles. The first kappa shape index (κ1) is 8.80. The van der Waals surface area contributed by atoms with Crippen LogP contribution in [0.3, 0.4) is 0 Å². The summed E-state index contributed by atoms with van der Waals surface area (Å²) in [4.78, 5) is 12.7. The number of nitrogens with zero attached hydrogens (tertiary/aromatic N) is 1. The summed E-state index contributed by atoms with van der Waals surface area (Å²) in [5.74, 6) is -0.520.